The first-order valence-electron chi connectivity index (χ1n) is 11.7. The van der Waals surface area contributed by atoms with E-state index in [4.69, 9.17) is 0 Å². The fraction of sp³-hybridized carbons (Fsp3) is 0.250. The maximum atomic E-state index is 12.6. The van der Waals surface area contributed by atoms with Gasteiger partial charge in [0.25, 0.3) is 0 Å². The molecule has 0 bridgehead atoms. The van der Waals surface area contributed by atoms with Crippen LogP contribution in [0.3, 0.4) is 0 Å². The largest absolute Gasteiger partial charge is 0.207 e. The summed E-state index contributed by atoms with van der Waals surface area (Å²) in [7, 11) is 0. The van der Waals surface area contributed by atoms with Gasteiger partial charge in [0.1, 0.15) is 23.3 Å². The van der Waals surface area contributed by atoms with E-state index < -0.39 is 11.6 Å². The SMILES string of the molecule is Cc1cc(F)c(C)c(F)c1.Cc1ccc(C)c(F)c1.Cc1ccc(C)c(F)c1.Cc1ccc(C)cc1. The zero-order valence-corrected chi connectivity index (χ0v) is 22.4. The lowest BCUT2D eigenvalue weighted by Crippen LogP contribution is -1.88. The van der Waals surface area contributed by atoms with E-state index in [0.29, 0.717) is 16.7 Å². The Morgan fingerprint density at radius 1 is 0.333 bits per heavy atom. The molecule has 4 aromatic carbocycles. The summed E-state index contributed by atoms with van der Waals surface area (Å²) in [5.41, 5.74) is 6.72. The molecule has 0 aliphatic rings. The quantitative estimate of drug-likeness (QED) is 0.213. The number of rotatable bonds is 0. The molecule has 0 radical (unpaired) electrons. The van der Waals surface area contributed by atoms with Gasteiger partial charge in [-0.25, -0.2) is 17.6 Å². The molecule has 36 heavy (non-hydrogen) atoms. The molecule has 0 saturated carbocycles. The molecule has 0 aromatic heterocycles. The number of halogens is 4. The van der Waals surface area contributed by atoms with Crippen LogP contribution in [0, 0.1) is 78.7 Å². The van der Waals surface area contributed by atoms with Crippen molar-refractivity contribution in [3.8, 4) is 0 Å². The van der Waals surface area contributed by atoms with Gasteiger partial charge in [-0.3, -0.25) is 0 Å². The van der Waals surface area contributed by atoms with Crippen LogP contribution in [0.25, 0.3) is 0 Å². The molecule has 0 saturated heterocycles. The number of hydrogen-bond donors (Lipinski definition) is 0. The van der Waals surface area contributed by atoms with Gasteiger partial charge < -0.3 is 0 Å². The van der Waals surface area contributed by atoms with Crippen molar-refractivity contribution in [3.05, 3.63) is 141 Å². The predicted octanol–water partition coefficient (Wildman–Crippen LogP) is 9.77. The molecule has 192 valence electrons. The second-order valence-corrected chi connectivity index (χ2v) is 9.01. The topological polar surface area (TPSA) is 0 Å². The fourth-order valence-corrected chi connectivity index (χ4v) is 2.80. The minimum Gasteiger partial charge on any atom is -0.207 e. The van der Waals surface area contributed by atoms with Crippen molar-refractivity contribution in [3.63, 3.8) is 0 Å². The maximum absolute atomic E-state index is 12.6. The molecule has 0 atom stereocenters. The standard InChI is InChI=1S/C8H8F2.2C8H9F.C8H10/c1-5-3-7(9)6(2)8(10)4-5;2*1-6-3-4-7(2)8(9)5-6;1-7-3-5-8(2)6-4-7/h3-4H,1-2H3;2*3-5H,1-2H3;3-6H,1-2H3. The molecule has 0 unspecified atom stereocenters. The summed E-state index contributed by atoms with van der Waals surface area (Å²) in [5.74, 6) is -1.18. The summed E-state index contributed by atoms with van der Waals surface area (Å²) in [6, 6.07) is 21.6. The first-order chi connectivity index (χ1) is 16.8. The van der Waals surface area contributed by atoms with Crippen LogP contribution in [-0.2, 0) is 0 Å². The average Bonchev–Trinajstić information content (AvgIpc) is 2.81. The molecular weight excluding hydrogens is 460 g/mol. The van der Waals surface area contributed by atoms with Crippen molar-refractivity contribution in [2.75, 3.05) is 0 Å². The highest BCUT2D eigenvalue weighted by Crippen LogP contribution is 2.13. The number of aryl methyl sites for hydroxylation is 7. The summed E-state index contributed by atoms with van der Waals surface area (Å²) < 4.78 is 50.4. The summed E-state index contributed by atoms with van der Waals surface area (Å²) in [4.78, 5) is 0. The Labute approximate surface area is 213 Å². The van der Waals surface area contributed by atoms with Gasteiger partial charge in [-0.15, -0.1) is 0 Å². The highest BCUT2D eigenvalue weighted by atomic mass is 19.1. The Hall–Kier alpha value is -3.40. The molecule has 0 N–H and O–H groups in total. The van der Waals surface area contributed by atoms with Crippen LogP contribution >= 0.6 is 0 Å². The van der Waals surface area contributed by atoms with Crippen LogP contribution in [0.15, 0.2) is 72.8 Å². The van der Waals surface area contributed by atoms with Gasteiger partial charge in [0.05, 0.1) is 0 Å². The van der Waals surface area contributed by atoms with Gasteiger partial charge in [0.15, 0.2) is 0 Å². The smallest absolute Gasteiger partial charge is 0.129 e. The van der Waals surface area contributed by atoms with Crippen molar-refractivity contribution >= 4 is 0 Å². The van der Waals surface area contributed by atoms with Crippen molar-refractivity contribution in [1.29, 1.82) is 0 Å². The molecule has 0 aliphatic heterocycles. The summed E-state index contributed by atoms with van der Waals surface area (Å²) >= 11 is 0. The lowest BCUT2D eigenvalue weighted by Gasteiger charge is -1.98. The monoisotopic (exact) mass is 496 g/mol. The van der Waals surface area contributed by atoms with E-state index in [9.17, 15) is 17.6 Å². The zero-order chi connectivity index (χ0) is 27.4. The van der Waals surface area contributed by atoms with E-state index in [1.165, 1.54) is 42.3 Å². The highest BCUT2D eigenvalue weighted by molar-refractivity contribution is 5.24. The zero-order valence-electron chi connectivity index (χ0n) is 22.4. The Morgan fingerprint density at radius 3 is 0.889 bits per heavy atom. The summed E-state index contributed by atoms with van der Waals surface area (Å²) in [5, 5.41) is 0. The van der Waals surface area contributed by atoms with Crippen molar-refractivity contribution in [1.82, 2.24) is 0 Å². The first-order valence-corrected chi connectivity index (χ1v) is 11.7. The molecule has 0 spiro atoms. The second kappa shape index (κ2) is 14.9. The van der Waals surface area contributed by atoms with Crippen molar-refractivity contribution < 1.29 is 17.6 Å². The normalized spacial score (nSPS) is 9.67. The van der Waals surface area contributed by atoms with Crippen LogP contribution in [0.1, 0.15) is 44.5 Å². The molecule has 0 aliphatic carbocycles. The molecule has 0 heterocycles. The molecule has 4 aromatic rings. The molecule has 0 nitrogen and oxygen atoms in total. The van der Waals surface area contributed by atoms with Crippen LogP contribution in [0.2, 0.25) is 0 Å². The first kappa shape index (κ1) is 30.6. The van der Waals surface area contributed by atoms with Crippen LogP contribution in [0.4, 0.5) is 17.6 Å². The van der Waals surface area contributed by atoms with Gasteiger partial charge in [-0.1, -0.05) is 59.7 Å². The lowest BCUT2D eigenvalue weighted by molar-refractivity contribution is 0.566. The van der Waals surface area contributed by atoms with Crippen molar-refractivity contribution in [2.24, 2.45) is 0 Å². The second-order valence-electron chi connectivity index (χ2n) is 9.01. The van der Waals surface area contributed by atoms with Gasteiger partial charge >= 0.3 is 0 Å². The summed E-state index contributed by atoms with van der Waals surface area (Å²) in [6.07, 6.45) is 0. The van der Waals surface area contributed by atoms with E-state index in [-0.39, 0.29) is 17.2 Å². The fourth-order valence-electron chi connectivity index (χ4n) is 2.80. The molecule has 4 heteroatoms. The molecule has 4 rings (SSSR count). The van der Waals surface area contributed by atoms with Crippen LogP contribution in [-0.4, -0.2) is 0 Å². The average molecular weight is 497 g/mol. The minimum atomic E-state index is -0.475. The molecular formula is C32H36F4. The Bertz CT molecular complexity index is 1150. The van der Waals surface area contributed by atoms with E-state index in [0.717, 1.165) is 11.1 Å². The van der Waals surface area contributed by atoms with E-state index in [1.807, 2.05) is 26.0 Å². The van der Waals surface area contributed by atoms with Gasteiger partial charge in [0, 0.05) is 5.56 Å². The van der Waals surface area contributed by atoms with Gasteiger partial charge in [0.2, 0.25) is 0 Å². The van der Waals surface area contributed by atoms with Gasteiger partial charge in [-0.2, -0.15) is 0 Å². The third-order valence-corrected chi connectivity index (χ3v) is 5.30. The third kappa shape index (κ3) is 11.4. The summed E-state index contributed by atoms with van der Waals surface area (Å²) in [6.45, 7) is 14.5. The molecule has 0 amide bonds. The van der Waals surface area contributed by atoms with E-state index in [2.05, 4.69) is 38.1 Å². The predicted molar refractivity (Wildman–Crippen MR) is 143 cm³/mol. The Morgan fingerprint density at radius 2 is 0.611 bits per heavy atom. The Balaban J connectivity index is 0.000000241. The third-order valence-electron chi connectivity index (χ3n) is 5.30. The van der Waals surface area contributed by atoms with Crippen LogP contribution < -0.4 is 0 Å². The van der Waals surface area contributed by atoms with Crippen molar-refractivity contribution in [2.45, 2.75) is 55.4 Å². The van der Waals surface area contributed by atoms with Gasteiger partial charge in [-0.05, 0) is 107 Å². The Kier molecular flexibility index (Phi) is 12.7. The lowest BCUT2D eigenvalue weighted by atomic mass is 10.1. The number of benzene rings is 4. The van der Waals surface area contributed by atoms with E-state index >= 15 is 0 Å². The minimum absolute atomic E-state index is 0.0885. The maximum Gasteiger partial charge on any atom is 0.129 e. The molecule has 0 fully saturated rings. The number of hydrogen-bond acceptors (Lipinski definition) is 0. The van der Waals surface area contributed by atoms with E-state index in [1.54, 1.807) is 32.9 Å². The van der Waals surface area contributed by atoms with Crippen LogP contribution in [0.5, 0.6) is 0 Å². The highest BCUT2D eigenvalue weighted by Gasteiger charge is 2.03.